The number of carbonyl (C=O) groups is 2. The maximum atomic E-state index is 13.2. The van der Waals surface area contributed by atoms with E-state index < -0.39 is 15.9 Å². The van der Waals surface area contributed by atoms with Gasteiger partial charge in [0, 0.05) is 29.3 Å². The molecule has 0 aliphatic heterocycles. The van der Waals surface area contributed by atoms with Gasteiger partial charge < -0.3 is 10.6 Å². The second kappa shape index (κ2) is 10.5. The smallest absolute Gasteiger partial charge is 0.243 e. The second-order valence-corrected chi connectivity index (χ2v) is 9.87. The molecule has 7 nitrogen and oxygen atoms in total. The Balaban J connectivity index is 1.79. The maximum absolute atomic E-state index is 13.2. The Morgan fingerprint density at radius 2 is 1.41 bits per heavy atom. The fourth-order valence-corrected chi connectivity index (χ4v) is 4.63. The molecule has 3 aromatic carbocycles. The molecular formula is C23H22BrN3O4S. The van der Waals surface area contributed by atoms with Crippen LogP contribution in [0.3, 0.4) is 0 Å². The molecule has 0 aromatic heterocycles. The normalized spacial score (nSPS) is 11.2. The Morgan fingerprint density at radius 3 is 1.97 bits per heavy atom. The van der Waals surface area contributed by atoms with Gasteiger partial charge in [-0.1, -0.05) is 46.3 Å². The van der Waals surface area contributed by atoms with Gasteiger partial charge in [-0.3, -0.25) is 9.59 Å². The van der Waals surface area contributed by atoms with Crippen molar-refractivity contribution < 1.29 is 18.0 Å². The average molecular weight is 516 g/mol. The number of amides is 2. The minimum Gasteiger partial charge on any atom is -0.326 e. The highest BCUT2D eigenvalue weighted by Crippen LogP contribution is 2.20. The number of rotatable bonds is 8. The van der Waals surface area contributed by atoms with Crippen LogP contribution in [0.4, 0.5) is 11.4 Å². The molecule has 0 aliphatic rings. The average Bonchev–Trinajstić information content (AvgIpc) is 2.76. The van der Waals surface area contributed by atoms with Gasteiger partial charge >= 0.3 is 0 Å². The van der Waals surface area contributed by atoms with Crippen LogP contribution in [0.5, 0.6) is 0 Å². The van der Waals surface area contributed by atoms with Gasteiger partial charge in [0.15, 0.2) is 0 Å². The number of halogens is 1. The monoisotopic (exact) mass is 515 g/mol. The summed E-state index contributed by atoms with van der Waals surface area (Å²) in [5.74, 6) is -0.676. The SMILES string of the molecule is CC(=O)Nc1ccc(NC(=O)CN(Cc2ccc(Br)cc2)S(=O)(=O)c2ccccc2)cc1. The van der Waals surface area contributed by atoms with Crippen LogP contribution in [0.2, 0.25) is 0 Å². The topological polar surface area (TPSA) is 95.6 Å². The summed E-state index contributed by atoms with van der Waals surface area (Å²) in [6.45, 7) is 1.09. The van der Waals surface area contributed by atoms with Crippen molar-refractivity contribution in [1.29, 1.82) is 0 Å². The number of hydrogen-bond acceptors (Lipinski definition) is 4. The summed E-state index contributed by atoms with van der Waals surface area (Å²) in [4.78, 5) is 24.0. The molecule has 0 saturated heterocycles. The number of carbonyl (C=O) groups excluding carboxylic acids is 2. The van der Waals surface area contributed by atoms with E-state index in [-0.39, 0.29) is 23.9 Å². The van der Waals surface area contributed by atoms with Gasteiger partial charge in [-0.15, -0.1) is 0 Å². The lowest BCUT2D eigenvalue weighted by Gasteiger charge is -2.22. The predicted octanol–water partition coefficient (Wildman–Crippen LogP) is 4.24. The molecule has 0 radical (unpaired) electrons. The number of sulfonamides is 1. The third-order valence-corrected chi connectivity index (χ3v) is 6.80. The van der Waals surface area contributed by atoms with Crippen molar-refractivity contribution in [3.8, 4) is 0 Å². The van der Waals surface area contributed by atoms with E-state index in [0.29, 0.717) is 11.4 Å². The van der Waals surface area contributed by atoms with Crippen LogP contribution in [-0.2, 0) is 26.2 Å². The summed E-state index contributed by atoms with van der Waals surface area (Å²) in [5.41, 5.74) is 1.84. The van der Waals surface area contributed by atoms with Crippen molar-refractivity contribution in [3.05, 3.63) is 88.9 Å². The van der Waals surface area contributed by atoms with Crippen molar-refractivity contribution in [3.63, 3.8) is 0 Å². The fraction of sp³-hybridized carbons (Fsp3) is 0.130. The van der Waals surface area contributed by atoms with E-state index in [0.717, 1.165) is 14.3 Å². The summed E-state index contributed by atoms with van der Waals surface area (Å²) in [7, 11) is -3.90. The summed E-state index contributed by atoms with van der Waals surface area (Å²) in [6.07, 6.45) is 0. The van der Waals surface area contributed by atoms with Crippen LogP contribution in [0, 0.1) is 0 Å². The largest absolute Gasteiger partial charge is 0.326 e. The molecule has 2 amide bonds. The van der Waals surface area contributed by atoms with Crippen molar-refractivity contribution in [1.82, 2.24) is 4.31 Å². The van der Waals surface area contributed by atoms with Crippen LogP contribution in [-0.4, -0.2) is 31.1 Å². The van der Waals surface area contributed by atoms with E-state index in [1.165, 1.54) is 19.1 Å². The molecule has 0 spiro atoms. The number of hydrogen-bond donors (Lipinski definition) is 2. The lowest BCUT2D eigenvalue weighted by atomic mass is 10.2. The molecule has 9 heteroatoms. The van der Waals surface area contributed by atoms with Gasteiger partial charge in [0.05, 0.1) is 11.4 Å². The van der Waals surface area contributed by atoms with Gasteiger partial charge in [0.25, 0.3) is 0 Å². The molecular weight excluding hydrogens is 494 g/mol. The van der Waals surface area contributed by atoms with E-state index >= 15 is 0 Å². The van der Waals surface area contributed by atoms with Gasteiger partial charge in [-0.2, -0.15) is 4.31 Å². The lowest BCUT2D eigenvalue weighted by molar-refractivity contribution is -0.116. The third kappa shape index (κ3) is 6.49. The zero-order chi connectivity index (χ0) is 23.1. The summed E-state index contributed by atoms with van der Waals surface area (Å²) in [5, 5.41) is 5.35. The Labute approximate surface area is 195 Å². The number of nitrogens with one attached hydrogen (secondary N) is 2. The molecule has 32 heavy (non-hydrogen) atoms. The molecule has 0 bridgehead atoms. The van der Waals surface area contributed by atoms with Crippen LogP contribution in [0.1, 0.15) is 12.5 Å². The van der Waals surface area contributed by atoms with Gasteiger partial charge in [-0.25, -0.2) is 8.42 Å². The highest BCUT2D eigenvalue weighted by molar-refractivity contribution is 9.10. The summed E-state index contributed by atoms with van der Waals surface area (Å²) >= 11 is 3.36. The Kier molecular flexibility index (Phi) is 7.79. The zero-order valence-electron chi connectivity index (χ0n) is 17.3. The summed E-state index contributed by atoms with van der Waals surface area (Å²) in [6, 6.07) is 21.8. The summed E-state index contributed by atoms with van der Waals surface area (Å²) < 4.78 is 28.5. The van der Waals surface area contributed by atoms with Crippen LogP contribution in [0.15, 0.2) is 88.2 Å². The second-order valence-electron chi connectivity index (χ2n) is 7.02. The number of nitrogens with zero attached hydrogens (tertiary/aromatic N) is 1. The molecule has 3 rings (SSSR count). The molecule has 0 atom stereocenters. The Morgan fingerprint density at radius 1 is 0.844 bits per heavy atom. The van der Waals surface area contributed by atoms with E-state index in [1.807, 2.05) is 12.1 Å². The van der Waals surface area contributed by atoms with E-state index in [2.05, 4.69) is 26.6 Å². The van der Waals surface area contributed by atoms with Crippen LogP contribution < -0.4 is 10.6 Å². The third-order valence-electron chi connectivity index (χ3n) is 4.46. The lowest BCUT2D eigenvalue weighted by Crippen LogP contribution is -2.37. The molecule has 166 valence electrons. The standard InChI is InChI=1S/C23H22BrN3O4S/c1-17(28)25-20-11-13-21(14-12-20)26-23(29)16-27(15-18-7-9-19(24)10-8-18)32(30,31)22-5-3-2-4-6-22/h2-14H,15-16H2,1H3,(H,25,28)(H,26,29). The molecule has 0 fully saturated rings. The first-order valence-corrected chi connectivity index (χ1v) is 11.9. The molecule has 2 N–H and O–H groups in total. The molecule has 0 heterocycles. The molecule has 0 saturated carbocycles. The van der Waals surface area contributed by atoms with Gasteiger partial charge in [0.2, 0.25) is 21.8 Å². The number of benzene rings is 3. The zero-order valence-corrected chi connectivity index (χ0v) is 19.7. The first-order chi connectivity index (χ1) is 15.2. The van der Waals surface area contributed by atoms with E-state index in [4.69, 9.17) is 0 Å². The first-order valence-electron chi connectivity index (χ1n) is 9.71. The highest BCUT2D eigenvalue weighted by atomic mass is 79.9. The molecule has 3 aromatic rings. The van der Waals surface area contributed by atoms with Gasteiger partial charge in [0.1, 0.15) is 0 Å². The minimum absolute atomic E-state index is 0.0411. The first kappa shape index (κ1) is 23.6. The van der Waals surface area contributed by atoms with Crippen LogP contribution >= 0.6 is 15.9 Å². The fourth-order valence-electron chi connectivity index (χ4n) is 2.96. The van der Waals surface area contributed by atoms with Gasteiger partial charge in [-0.05, 0) is 54.1 Å². The molecule has 0 aliphatic carbocycles. The maximum Gasteiger partial charge on any atom is 0.243 e. The minimum atomic E-state index is -3.90. The quantitative estimate of drug-likeness (QED) is 0.469. The number of anilines is 2. The van der Waals surface area contributed by atoms with Crippen molar-refractivity contribution in [2.24, 2.45) is 0 Å². The predicted molar refractivity (Wildman–Crippen MR) is 128 cm³/mol. The van der Waals surface area contributed by atoms with Crippen molar-refractivity contribution >= 4 is 49.1 Å². The van der Waals surface area contributed by atoms with Crippen molar-refractivity contribution in [2.45, 2.75) is 18.4 Å². The highest BCUT2D eigenvalue weighted by Gasteiger charge is 2.26. The molecule has 0 unspecified atom stereocenters. The van der Waals surface area contributed by atoms with Crippen LogP contribution in [0.25, 0.3) is 0 Å². The van der Waals surface area contributed by atoms with E-state index in [9.17, 15) is 18.0 Å². The van der Waals surface area contributed by atoms with E-state index in [1.54, 1.807) is 54.6 Å². The van der Waals surface area contributed by atoms with Crippen molar-refractivity contribution in [2.75, 3.05) is 17.2 Å². The Hall–Kier alpha value is -3.01. The Bertz CT molecular complexity index is 1180.